The van der Waals surface area contributed by atoms with Gasteiger partial charge in [-0.05, 0) is 17.5 Å². The highest BCUT2D eigenvalue weighted by Crippen LogP contribution is 2.39. The van der Waals surface area contributed by atoms with Crippen LogP contribution in [0.2, 0.25) is 0 Å². The zero-order chi connectivity index (χ0) is 10.8. The number of fused-ring (bicyclic) bond motifs is 1. The van der Waals surface area contributed by atoms with Crippen molar-refractivity contribution in [3.8, 4) is 5.75 Å². The first-order chi connectivity index (χ1) is 7.22. The molecule has 0 amide bonds. The summed E-state index contributed by atoms with van der Waals surface area (Å²) in [6.07, 6.45) is 1.61. The van der Waals surface area contributed by atoms with Gasteiger partial charge >= 0.3 is 5.97 Å². The number of esters is 1. The Morgan fingerprint density at radius 3 is 2.93 bits per heavy atom. The van der Waals surface area contributed by atoms with Gasteiger partial charge in [0.1, 0.15) is 5.75 Å². The standard InChI is InChI=1S/C13H16O2/c1-3-9(2)11-8-13(14)15-12-7-5-4-6-10(11)12/h4-7,9,11H,3,8H2,1-2H3. The second-order valence-electron chi connectivity index (χ2n) is 4.21. The molecule has 0 fully saturated rings. The van der Waals surface area contributed by atoms with Crippen molar-refractivity contribution in [3.05, 3.63) is 29.8 Å². The Morgan fingerprint density at radius 1 is 1.47 bits per heavy atom. The highest BCUT2D eigenvalue weighted by atomic mass is 16.5. The van der Waals surface area contributed by atoms with E-state index in [2.05, 4.69) is 19.9 Å². The maximum Gasteiger partial charge on any atom is 0.311 e. The molecule has 0 spiro atoms. The van der Waals surface area contributed by atoms with Crippen LogP contribution in [0, 0.1) is 5.92 Å². The van der Waals surface area contributed by atoms with Gasteiger partial charge in [-0.3, -0.25) is 4.79 Å². The van der Waals surface area contributed by atoms with E-state index in [-0.39, 0.29) is 5.97 Å². The number of carbonyl (C=O) groups is 1. The van der Waals surface area contributed by atoms with Gasteiger partial charge in [-0.25, -0.2) is 0 Å². The van der Waals surface area contributed by atoms with E-state index < -0.39 is 0 Å². The SMILES string of the molecule is CCC(C)C1CC(=O)Oc2ccccc21. The maximum absolute atomic E-state index is 11.4. The molecular weight excluding hydrogens is 188 g/mol. The van der Waals surface area contributed by atoms with Crippen LogP contribution in [0.15, 0.2) is 24.3 Å². The molecule has 1 aliphatic rings. The first-order valence-corrected chi connectivity index (χ1v) is 5.52. The van der Waals surface area contributed by atoms with Crippen molar-refractivity contribution >= 4 is 5.97 Å². The third kappa shape index (κ3) is 1.89. The fourth-order valence-electron chi connectivity index (χ4n) is 2.13. The highest BCUT2D eigenvalue weighted by Gasteiger charge is 2.29. The molecule has 0 radical (unpaired) electrons. The van der Waals surface area contributed by atoms with Crippen LogP contribution in [0.4, 0.5) is 0 Å². The number of hydrogen-bond donors (Lipinski definition) is 0. The quantitative estimate of drug-likeness (QED) is 0.546. The van der Waals surface area contributed by atoms with Gasteiger partial charge in [0.25, 0.3) is 0 Å². The summed E-state index contributed by atoms with van der Waals surface area (Å²) in [5.74, 6) is 1.50. The predicted molar refractivity (Wildman–Crippen MR) is 58.9 cm³/mol. The molecule has 2 rings (SSSR count). The van der Waals surface area contributed by atoms with Crippen LogP contribution in [-0.4, -0.2) is 5.97 Å². The normalized spacial score (nSPS) is 21.7. The molecule has 0 saturated carbocycles. The second kappa shape index (κ2) is 4.05. The fraction of sp³-hybridized carbons (Fsp3) is 0.462. The number of para-hydroxylation sites is 1. The monoisotopic (exact) mass is 204 g/mol. The summed E-state index contributed by atoms with van der Waals surface area (Å²) in [6.45, 7) is 4.35. The van der Waals surface area contributed by atoms with Gasteiger partial charge in [-0.2, -0.15) is 0 Å². The van der Waals surface area contributed by atoms with Crippen molar-refractivity contribution < 1.29 is 9.53 Å². The summed E-state index contributed by atoms with van der Waals surface area (Å²) in [5.41, 5.74) is 1.19. The van der Waals surface area contributed by atoms with Crippen LogP contribution >= 0.6 is 0 Å². The van der Waals surface area contributed by atoms with Gasteiger partial charge in [0.2, 0.25) is 0 Å². The molecule has 2 heteroatoms. The lowest BCUT2D eigenvalue weighted by Gasteiger charge is -2.28. The Labute approximate surface area is 90.3 Å². The molecule has 0 saturated heterocycles. The van der Waals surface area contributed by atoms with E-state index in [1.54, 1.807) is 0 Å². The minimum Gasteiger partial charge on any atom is -0.426 e. The van der Waals surface area contributed by atoms with Crippen LogP contribution in [-0.2, 0) is 4.79 Å². The van der Waals surface area contributed by atoms with Crippen molar-refractivity contribution in [1.82, 2.24) is 0 Å². The molecule has 0 aromatic heterocycles. The third-order valence-corrected chi connectivity index (χ3v) is 3.26. The molecular formula is C13H16O2. The molecule has 0 N–H and O–H groups in total. The van der Waals surface area contributed by atoms with Gasteiger partial charge in [0, 0.05) is 5.92 Å². The predicted octanol–water partition coefficient (Wildman–Crippen LogP) is 3.13. The number of ether oxygens (including phenoxy) is 1. The van der Waals surface area contributed by atoms with Crippen LogP contribution in [0.1, 0.15) is 38.2 Å². The van der Waals surface area contributed by atoms with Gasteiger partial charge in [0.05, 0.1) is 6.42 Å². The first-order valence-electron chi connectivity index (χ1n) is 5.52. The molecule has 0 bridgehead atoms. The Kier molecular flexibility index (Phi) is 2.76. The molecule has 1 aromatic carbocycles. The lowest BCUT2D eigenvalue weighted by molar-refractivity contribution is -0.136. The van der Waals surface area contributed by atoms with Crippen LogP contribution in [0.5, 0.6) is 5.75 Å². The van der Waals surface area contributed by atoms with E-state index in [9.17, 15) is 4.79 Å². The molecule has 2 unspecified atom stereocenters. The first kappa shape index (κ1) is 10.2. The smallest absolute Gasteiger partial charge is 0.311 e. The zero-order valence-electron chi connectivity index (χ0n) is 9.19. The van der Waals surface area contributed by atoms with Crippen molar-refractivity contribution in [3.63, 3.8) is 0 Å². The van der Waals surface area contributed by atoms with E-state index >= 15 is 0 Å². The molecule has 0 aliphatic carbocycles. The molecule has 1 heterocycles. The molecule has 80 valence electrons. The molecule has 1 aromatic rings. The van der Waals surface area contributed by atoms with E-state index in [1.165, 1.54) is 5.56 Å². The Bertz CT molecular complexity index is 371. The highest BCUT2D eigenvalue weighted by molar-refractivity contribution is 5.76. The minimum absolute atomic E-state index is 0.0981. The second-order valence-corrected chi connectivity index (χ2v) is 4.21. The number of hydrogen-bond acceptors (Lipinski definition) is 2. The number of rotatable bonds is 2. The van der Waals surface area contributed by atoms with Crippen molar-refractivity contribution in [1.29, 1.82) is 0 Å². The average Bonchev–Trinajstić information content (AvgIpc) is 2.26. The van der Waals surface area contributed by atoms with E-state index in [0.29, 0.717) is 18.3 Å². The van der Waals surface area contributed by atoms with Crippen LogP contribution in [0.3, 0.4) is 0 Å². The number of benzene rings is 1. The van der Waals surface area contributed by atoms with Crippen molar-refractivity contribution in [2.24, 2.45) is 5.92 Å². The van der Waals surface area contributed by atoms with Crippen LogP contribution < -0.4 is 4.74 Å². The number of carbonyl (C=O) groups excluding carboxylic acids is 1. The van der Waals surface area contributed by atoms with Crippen molar-refractivity contribution in [2.45, 2.75) is 32.6 Å². The van der Waals surface area contributed by atoms with E-state index in [1.807, 2.05) is 18.2 Å². The Balaban J connectivity index is 2.38. The fourth-order valence-corrected chi connectivity index (χ4v) is 2.13. The summed E-state index contributed by atoms with van der Waals surface area (Å²) in [7, 11) is 0. The summed E-state index contributed by atoms with van der Waals surface area (Å²) in [6, 6.07) is 7.86. The van der Waals surface area contributed by atoms with E-state index in [4.69, 9.17) is 4.74 Å². The minimum atomic E-state index is -0.0981. The maximum atomic E-state index is 11.4. The van der Waals surface area contributed by atoms with Gasteiger partial charge in [0.15, 0.2) is 0 Å². The van der Waals surface area contributed by atoms with E-state index in [0.717, 1.165) is 12.2 Å². The van der Waals surface area contributed by atoms with Crippen molar-refractivity contribution in [2.75, 3.05) is 0 Å². The van der Waals surface area contributed by atoms with Gasteiger partial charge in [-0.1, -0.05) is 38.5 Å². The lowest BCUT2D eigenvalue weighted by Crippen LogP contribution is -2.23. The Hall–Kier alpha value is -1.31. The Morgan fingerprint density at radius 2 is 2.20 bits per heavy atom. The summed E-state index contributed by atoms with van der Waals surface area (Å²) >= 11 is 0. The summed E-state index contributed by atoms with van der Waals surface area (Å²) in [4.78, 5) is 11.4. The van der Waals surface area contributed by atoms with Gasteiger partial charge in [-0.15, -0.1) is 0 Å². The molecule has 15 heavy (non-hydrogen) atoms. The lowest BCUT2D eigenvalue weighted by atomic mass is 9.81. The largest absolute Gasteiger partial charge is 0.426 e. The zero-order valence-corrected chi connectivity index (χ0v) is 9.19. The summed E-state index contributed by atoms with van der Waals surface area (Å²) < 4.78 is 5.22. The molecule has 2 nitrogen and oxygen atoms in total. The summed E-state index contributed by atoms with van der Waals surface area (Å²) in [5, 5.41) is 0. The third-order valence-electron chi connectivity index (χ3n) is 3.26. The van der Waals surface area contributed by atoms with Gasteiger partial charge < -0.3 is 4.74 Å². The van der Waals surface area contributed by atoms with Crippen LogP contribution in [0.25, 0.3) is 0 Å². The average molecular weight is 204 g/mol. The molecule has 2 atom stereocenters. The topological polar surface area (TPSA) is 26.3 Å². The molecule has 1 aliphatic heterocycles.